The summed E-state index contributed by atoms with van der Waals surface area (Å²) in [6.07, 6.45) is 7.63. The zero-order valence-electron chi connectivity index (χ0n) is 11.4. The second kappa shape index (κ2) is 10.3. The van der Waals surface area contributed by atoms with E-state index in [2.05, 4.69) is 6.92 Å². The molecule has 0 aromatic rings. The maximum Gasteiger partial charge on any atom is 0.333 e. The molecule has 0 bridgehead atoms. The highest BCUT2D eigenvalue weighted by Crippen LogP contribution is 2.13. The van der Waals surface area contributed by atoms with E-state index in [1.165, 1.54) is 19.3 Å². The molecule has 0 saturated heterocycles. The first kappa shape index (κ1) is 16.2. The molecule has 1 atom stereocenters. The van der Waals surface area contributed by atoms with Crippen molar-refractivity contribution in [1.29, 1.82) is 0 Å². The summed E-state index contributed by atoms with van der Waals surface area (Å²) in [5.41, 5.74) is 0.626. The predicted octanol–water partition coefficient (Wildman–Crippen LogP) is 3.22. The largest absolute Gasteiger partial charge is 0.459 e. The summed E-state index contributed by atoms with van der Waals surface area (Å²) in [5.74, 6) is -0.263. The van der Waals surface area contributed by atoms with Gasteiger partial charge in [0, 0.05) is 18.6 Å². The quantitative estimate of drug-likeness (QED) is 0.383. The van der Waals surface area contributed by atoms with E-state index in [4.69, 9.17) is 9.84 Å². The third-order valence-electron chi connectivity index (χ3n) is 2.86. The van der Waals surface area contributed by atoms with Crippen LogP contribution in [-0.4, -0.2) is 23.8 Å². The van der Waals surface area contributed by atoms with Crippen molar-refractivity contribution in [2.24, 2.45) is 0 Å². The van der Waals surface area contributed by atoms with E-state index in [1.54, 1.807) is 13.0 Å². The van der Waals surface area contributed by atoms with Crippen LogP contribution in [0.15, 0.2) is 11.6 Å². The first-order valence-electron chi connectivity index (χ1n) is 6.60. The van der Waals surface area contributed by atoms with Crippen LogP contribution < -0.4 is 0 Å². The Hall–Kier alpha value is -0.830. The van der Waals surface area contributed by atoms with Crippen LogP contribution in [-0.2, 0) is 9.53 Å². The van der Waals surface area contributed by atoms with E-state index in [1.807, 2.05) is 6.92 Å². The van der Waals surface area contributed by atoms with Crippen molar-refractivity contribution in [1.82, 2.24) is 0 Å². The smallest absolute Gasteiger partial charge is 0.333 e. The van der Waals surface area contributed by atoms with Crippen LogP contribution in [0.2, 0.25) is 0 Å². The normalized spacial score (nSPS) is 13.5. The summed E-state index contributed by atoms with van der Waals surface area (Å²) in [6.45, 7) is 5.80. The minimum absolute atomic E-state index is 0.0701. The van der Waals surface area contributed by atoms with Crippen LogP contribution in [0.4, 0.5) is 0 Å². The number of unbranched alkanes of at least 4 members (excludes halogenated alkanes) is 3. The Labute approximate surface area is 105 Å². The molecule has 0 aliphatic heterocycles. The van der Waals surface area contributed by atoms with Gasteiger partial charge in [0.2, 0.25) is 0 Å². The Morgan fingerprint density at radius 2 is 2.00 bits per heavy atom. The van der Waals surface area contributed by atoms with Crippen molar-refractivity contribution in [3.05, 3.63) is 11.6 Å². The van der Waals surface area contributed by atoms with Gasteiger partial charge in [-0.05, 0) is 26.7 Å². The average Bonchev–Trinajstić information content (AvgIpc) is 2.33. The molecule has 1 unspecified atom stereocenters. The maximum absolute atomic E-state index is 11.6. The van der Waals surface area contributed by atoms with Gasteiger partial charge in [-0.15, -0.1) is 0 Å². The summed E-state index contributed by atoms with van der Waals surface area (Å²) >= 11 is 0. The van der Waals surface area contributed by atoms with Gasteiger partial charge >= 0.3 is 5.97 Å². The van der Waals surface area contributed by atoms with Crippen molar-refractivity contribution in [3.8, 4) is 0 Å². The first-order valence-corrected chi connectivity index (χ1v) is 6.60. The highest BCUT2D eigenvalue weighted by atomic mass is 16.5. The van der Waals surface area contributed by atoms with Crippen LogP contribution in [0.1, 0.15) is 59.3 Å². The van der Waals surface area contributed by atoms with Crippen molar-refractivity contribution in [3.63, 3.8) is 0 Å². The summed E-state index contributed by atoms with van der Waals surface area (Å²) in [5, 5.41) is 8.94. The molecule has 0 radical (unpaired) electrons. The van der Waals surface area contributed by atoms with Gasteiger partial charge in [0.05, 0.1) is 0 Å². The third kappa shape index (κ3) is 7.97. The third-order valence-corrected chi connectivity index (χ3v) is 2.86. The van der Waals surface area contributed by atoms with E-state index < -0.39 is 0 Å². The molecule has 3 nitrogen and oxygen atoms in total. The van der Waals surface area contributed by atoms with Crippen LogP contribution in [0.25, 0.3) is 0 Å². The number of allylic oxidation sites excluding steroid dienone is 1. The molecule has 0 fully saturated rings. The highest BCUT2D eigenvalue weighted by Gasteiger charge is 2.14. The van der Waals surface area contributed by atoms with Gasteiger partial charge in [-0.1, -0.05) is 32.3 Å². The predicted molar refractivity (Wildman–Crippen MR) is 69.8 cm³/mol. The van der Waals surface area contributed by atoms with Crippen molar-refractivity contribution in [2.75, 3.05) is 6.61 Å². The first-order chi connectivity index (χ1) is 8.15. The Balaban J connectivity index is 4.01. The van der Waals surface area contributed by atoms with Gasteiger partial charge in [0.15, 0.2) is 0 Å². The minimum Gasteiger partial charge on any atom is -0.459 e. The molecule has 0 aromatic carbocycles. The standard InChI is InChI=1S/C14H26O3/c1-4-6-7-8-9-13(10-11-15)17-14(16)12(3)5-2/h5,13,15H,4,6-11H2,1-3H3. The van der Waals surface area contributed by atoms with Gasteiger partial charge in [-0.3, -0.25) is 0 Å². The molecule has 0 saturated carbocycles. The highest BCUT2D eigenvalue weighted by molar-refractivity contribution is 5.87. The molecule has 17 heavy (non-hydrogen) atoms. The average molecular weight is 242 g/mol. The lowest BCUT2D eigenvalue weighted by Gasteiger charge is -2.17. The second-order valence-electron chi connectivity index (χ2n) is 4.36. The van der Waals surface area contributed by atoms with E-state index >= 15 is 0 Å². The fourth-order valence-electron chi connectivity index (χ4n) is 1.57. The number of carbonyl (C=O) groups is 1. The Morgan fingerprint density at radius 3 is 2.53 bits per heavy atom. The second-order valence-corrected chi connectivity index (χ2v) is 4.36. The molecule has 0 aromatic heterocycles. The Bertz CT molecular complexity index is 234. The summed E-state index contributed by atoms with van der Waals surface area (Å²) < 4.78 is 5.36. The van der Waals surface area contributed by atoms with Gasteiger partial charge in [0.25, 0.3) is 0 Å². The van der Waals surface area contributed by atoms with E-state index in [0.29, 0.717) is 12.0 Å². The zero-order valence-corrected chi connectivity index (χ0v) is 11.4. The zero-order chi connectivity index (χ0) is 13.1. The molecule has 100 valence electrons. The SMILES string of the molecule is CC=C(C)C(=O)OC(CCO)CCCCCC. The molecule has 0 heterocycles. The lowest BCUT2D eigenvalue weighted by Crippen LogP contribution is -2.20. The number of carbonyl (C=O) groups excluding carboxylic acids is 1. The fraction of sp³-hybridized carbons (Fsp3) is 0.786. The van der Waals surface area contributed by atoms with E-state index in [-0.39, 0.29) is 18.7 Å². The maximum atomic E-state index is 11.6. The van der Waals surface area contributed by atoms with Gasteiger partial charge in [0.1, 0.15) is 6.10 Å². The lowest BCUT2D eigenvalue weighted by molar-refractivity contribution is -0.145. The minimum atomic E-state index is -0.263. The number of ether oxygens (including phenoxy) is 1. The number of aliphatic hydroxyl groups is 1. The fourth-order valence-corrected chi connectivity index (χ4v) is 1.57. The number of rotatable bonds is 9. The van der Waals surface area contributed by atoms with Crippen molar-refractivity contribution < 1.29 is 14.6 Å². The molecule has 0 spiro atoms. The molecule has 0 rings (SSSR count). The van der Waals surface area contributed by atoms with Gasteiger partial charge in [-0.25, -0.2) is 4.79 Å². The van der Waals surface area contributed by atoms with Gasteiger partial charge in [-0.2, -0.15) is 0 Å². The molecule has 0 aliphatic rings. The molecule has 1 N–H and O–H groups in total. The summed E-state index contributed by atoms with van der Waals surface area (Å²) in [7, 11) is 0. The van der Waals surface area contributed by atoms with Crippen LogP contribution in [0.5, 0.6) is 0 Å². The molecule has 3 heteroatoms. The summed E-state index contributed by atoms with van der Waals surface area (Å²) in [6, 6.07) is 0. The van der Waals surface area contributed by atoms with Crippen molar-refractivity contribution in [2.45, 2.75) is 65.4 Å². The molecule has 0 amide bonds. The molecule has 0 aliphatic carbocycles. The number of esters is 1. The van der Waals surface area contributed by atoms with Crippen LogP contribution in [0.3, 0.4) is 0 Å². The van der Waals surface area contributed by atoms with E-state index in [9.17, 15) is 4.79 Å². The topological polar surface area (TPSA) is 46.5 Å². The van der Waals surface area contributed by atoms with Crippen LogP contribution in [0, 0.1) is 0 Å². The summed E-state index contributed by atoms with van der Waals surface area (Å²) in [4.78, 5) is 11.6. The Kier molecular flexibility index (Phi) is 9.83. The van der Waals surface area contributed by atoms with E-state index in [0.717, 1.165) is 12.8 Å². The lowest BCUT2D eigenvalue weighted by atomic mass is 10.1. The molecular weight excluding hydrogens is 216 g/mol. The Morgan fingerprint density at radius 1 is 1.29 bits per heavy atom. The van der Waals surface area contributed by atoms with Gasteiger partial charge < -0.3 is 9.84 Å². The number of hydrogen-bond donors (Lipinski definition) is 1. The van der Waals surface area contributed by atoms with Crippen LogP contribution >= 0.6 is 0 Å². The number of aliphatic hydroxyl groups excluding tert-OH is 1. The van der Waals surface area contributed by atoms with Crippen molar-refractivity contribution >= 4 is 5.97 Å². The monoisotopic (exact) mass is 242 g/mol. The molecular formula is C14H26O3. The number of hydrogen-bond acceptors (Lipinski definition) is 3.